The van der Waals surface area contributed by atoms with Gasteiger partial charge in [0.15, 0.2) is 0 Å². The van der Waals surface area contributed by atoms with Crippen molar-refractivity contribution in [1.82, 2.24) is 5.32 Å². The molecule has 0 unspecified atom stereocenters. The number of ether oxygens (including phenoxy) is 1. The van der Waals surface area contributed by atoms with Crippen LogP contribution < -0.4 is 5.32 Å². The van der Waals surface area contributed by atoms with Crippen LogP contribution in [0.2, 0.25) is 0 Å². The van der Waals surface area contributed by atoms with Crippen LogP contribution >= 0.6 is 0 Å². The second-order valence-electron chi connectivity index (χ2n) is 6.06. The molecular formula is C19H16F3NO3. The molecule has 2 aromatic rings. The zero-order valence-electron chi connectivity index (χ0n) is 13.6. The second kappa shape index (κ2) is 7.19. The first-order chi connectivity index (χ1) is 12.3. The minimum Gasteiger partial charge on any atom is -0.444 e. The fourth-order valence-electron chi connectivity index (χ4n) is 2.40. The third-order valence-electron chi connectivity index (χ3n) is 3.91. The highest BCUT2D eigenvalue weighted by molar-refractivity contribution is 5.93. The molecule has 1 atom stereocenters. The first-order valence-corrected chi connectivity index (χ1v) is 8.08. The Morgan fingerprint density at radius 3 is 2.35 bits per heavy atom. The number of carbonyl (C=O) groups excluding carboxylic acids is 2. The van der Waals surface area contributed by atoms with Gasteiger partial charge in [-0.2, -0.15) is 13.2 Å². The zero-order chi connectivity index (χ0) is 18.7. The van der Waals surface area contributed by atoms with Crippen molar-refractivity contribution in [3.8, 4) is 0 Å². The van der Waals surface area contributed by atoms with Crippen molar-refractivity contribution >= 4 is 11.9 Å². The van der Waals surface area contributed by atoms with Crippen LogP contribution in [-0.4, -0.2) is 17.9 Å². The summed E-state index contributed by atoms with van der Waals surface area (Å²) in [7, 11) is 0. The van der Waals surface area contributed by atoms with Gasteiger partial charge in [-0.3, -0.25) is 4.79 Å². The lowest BCUT2D eigenvalue weighted by atomic mass is 10.1. The van der Waals surface area contributed by atoms with Crippen LogP contribution in [0.5, 0.6) is 0 Å². The number of nitrogens with one attached hydrogen (secondary N) is 1. The van der Waals surface area contributed by atoms with Gasteiger partial charge in [0, 0.05) is 11.6 Å². The molecule has 136 valence electrons. The topological polar surface area (TPSA) is 55.4 Å². The number of hydrogen-bond donors (Lipinski definition) is 1. The summed E-state index contributed by atoms with van der Waals surface area (Å²) in [6.07, 6.45) is -4.08. The summed E-state index contributed by atoms with van der Waals surface area (Å²) in [5.41, 5.74) is -0.767. The van der Waals surface area contributed by atoms with Gasteiger partial charge in [0.2, 0.25) is 6.10 Å². The van der Waals surface area contributed by atoms with E-state index in [1.807, 2.05) is 0 Å². The Balaban J connectivity index is 1.82. The fourth-order valence-corrected chi connectivity index (χ4v) is 2.40. The van der Waals surface area contributed by atoms with Crippen LogP contribution in [0.1, 0.15) is 40.4 Å². The molecule has 0 bridgehead atoms. The summed E-state index contributed by atoms with van der Waals surface area (Å²) in [5, 5.41) is 2.75. The number of halogens is 3. The van der Waals surface area contributed by atoms with E-state index in [9.17, 15) is 22.8 Å². The summed E-state index contributed by atoms with van der Waals surface area (Å²) in [5.74, 6) is -1.48. The van der Waals surface area contributed by atoms with Gasteiger partial charge in [-0.25, -0.2) is 4.79 Å². The zero-order valence-corrected chi connectivity index (χ0v) is 13.6. The van der Waals surface area contributed by atoms with Crippen molar-refractivity contribution in [2.45, 2.75) is 31.2 Å². The van der Waals surface area contributed by atoms with E-state index in [1.54, 1.807) is 30.3 Å². The molecule has 3 rings (SSSR count). The smallest absolute Gasteiger partial charge is 0.416 e. The molecule has 7 heteroatoms. The predicted molar refractivity (Wildman–Crippen MR) is 87.2 cm³/mol. The van der Waals surface area contributed by atoms with Crippen LogP contribution in [0.3, 0.4) is 0 Å². The number of hydrogen-bond acceptors (Lipinski definition) is 3. The Hall–Kier alpha value is -2.83. The first kappa shape index (κ1) is 18.0. The summed E-state index contributed by atoms with van der Waals surface area (Å²) < 4.78 is 43.7. The van der Waals surface area contributed by atoms with Gasteiger partial charge in [0.25, 0.3) is 5.91 Å². The van der Waals surface area contributed by atoms with Crippen molar-refractivity contribution in [3.05, 3.63) is 71.3 Å². The molecule has 1 N–H and O–H groups in total. The SMILES string of the molecule is O=C(O[C@@H](C(=O)NC1CC1)c1ccccc1)c1cccc(C(F)(F)F)c1. The molecule has 0 saturated heterocycles. The van der Waals surface area contributed by atoms with Crippen LogP contribution in [-0.2, 0) is 15.7 Å². The van der Waals surface area contributed by atoms with E-state index in [2.05, 4.69) is 5.32 Å². The molecule has 0 spiro atoms. The van der Waals surface area contributed by atoms with Crippen LogP contribution in [0.4, 0.5) is 13.2 Å². The number of esters is 1. The third-order valence-corrected chi connectivity index (χ3v) is 3.91. The maximum atomic E-state index is 12.8. The molecular weight excluding hydrogens is 347 g/mol. The standard InChI is InChI=1S/C19H16F3NO3/c20-19(21,22)14-8-4-7-13(11-14)18(25)26-16(12-5-2-1-3-6-12)17(24)23-15-9-10-15/h1-8,11,15-16H,9-10H2,(H,23,24)/t16-/m1/s1. The molecule has 1 fully saturated rings. The van der Waals surface area contributed by atoms with E-state index >= 15 is 0 Å². The normalized spacial score (nSPS) is 15.2. The lowest BCUT2D eigenvalue weighted by Gasteiger charge is -2.18. The molecule has 1 aliphatic carbocycles. The molecule has 0 aromatic heterocycles. The minimum atomic E-state index is -4.57. The lowest BCUT2D eigenvalue weighted by Crippen LogP contribution is -2.33. The average Bonchev–Trinajstić information content (AvgIpc) is 3.43. The number of alkyl halides is 3. The molecule has 2 aromatic carbocycles. The monoisotopic (exact) mass is 363 g/mol. The molecule has 26 heavy (non-hydrogen) atoms. The molecule has 0 aliphatic heterocycles. The van der Waals surface area contributed by atoms with E-state index in [1.165, 1.54) is 6.07 Å². The predicted octanol–water partition coefficient (Wildman–Crippen LogP) is 3.88. The fraction of sp³-hybridized carbons (Fsp3) is 0.263. The maximum Gasteiger partial charge on any atom is 0.416 e. The van der Waals surface area contributed by atoms with Gasteiger partial charge in [0.1, 0.15) is 0 Å². The first-order valence-electron chi connectivity index (χ1n) is 8.08. The summed E-state index contributed by atoms with van der Waals surface area (Å²) in [4.78, 5) is 24.8. The number of benzene rings is 2. The van der Waals surface area contributed by atoms with E-state index in [0.717, 1.165) is 25.0 Å². The highest BCUT2D eigenvalue weighted by Crippen LogP contribution is 2.30. The van der Waals surface area contributed by atoms with Gasteiger partial charge in [0.05, 0.1) is 11.1 Å². The lowest BCUT2D eigenvalue weighted by molar-refractivity contribution is -0.137. The van der Waals surface area contributed by atoms with E-state index in [0.29, 0.717) is 11.6 Å². The number of rotatable bonds is 5. The molecule has 0 heterocycles. The van der Waals surface area contributed by atoms with E-state index in [4.69, 9.17) is 4.74 Å². The quantitative estimate of drug-likeness (QED) is 0.820. The molecule has 4 nitrogen and oxygen atoms in total. The Labute approximate surface area is 148 Å². The molecule has 1 aliphatic rings. The molecule has 0 radical (unpaired) electrons. The van der Waals surface area contributed by atoms with Crippen molar-refractivity contribution in [2.24, 2.45) is 0 Å². The average molecular weight is 363 g/mol. The number of carbonyl (C=O) groups is 2. The molecule has 1 saturated carbocycles. The van der Waals surface area contributed by atoms with Gasteiger partial charge in [-0.15, -0.1) is 0 Å². The molecule has 1 amide bonds. The largest absolute Gasteiger partial charge is 0.444 e. The van der Waals surface area contributed by atoms with Crippen molar-refractivity contribution in [3.63, 3.8) is 0 Å². The summed E-state index contributed by atoms with van der Waals surface area (Å²) >= 11 is 0. The Bertz CT molecular complexity index is 801. The van der Waals surface area contributed by atoms with Gasteiger partial charge >= 0.3 is 12.1 Å². The van der Waals surface area contributed by atoms with E-state index in [-0.39, 0.29) is 11.6 Å². The second-order valence-corrected chi connectivity index (χ2v) is 6.06. The maximum absolute atomic E-state index is 12.8. The van der Waals surface area contributed by atoms with Crippen LogP contribution in [0.15, 0.2) is 54.6 Å². The van der Waals surface area contributed by atoms with Crippen molar-refractivity contribution < 1.29 is 27.5 Å². The van der Waals surface area contributed by atoms with E-state index < -0.39 is 29.7 Å². The highest BCUT2D eigenvalue weighted by Gasteiger charge is 2.33. The van der Waals surface area contributed by atoms with Crippen LogP contribution in [0.25, 0.3) is 0 Å². The third kappa shape index (κ3) is 4.41. The van der Waals surface area contributed by atoms with Crippen LogP contribution in [0, 0.1) is 0 Å². The Morgan fingerprint density at radius 2 is 1.73 bits per heavy atom. The number of amides is 1. The summed E-state index contributed by atoms with van der Waals surface area (Å²) in [6.45, 7) is 0. The minimum absolute atomic E-state index is 0.0565. The van der Waals surface area contributed by atoms with Gasteiger partial charge in [-0.1, -0.05) is 36.4 Å². The van der Waals surface area contributed by atoms with Gasteiger partial charge in [-0.05, 0) is 31.0 Å². The Morgan fingerprint density at radius 1 is 1.04 bits per heavy atom. The highest BCUT2D eigenvalue weighted by atomic mass is 19.4. The van der Waals surface area contributed by atoms with Gasteiger partial charge < -0.3 is 10.1 Å². The Kier molecular flexibility index (Phi) is 4.97. The van der Waals surface area contributed by atoms with Crippen molar-refractivity contribution in [1.29, 1.82) is 0 Å². The van der Waals surface area contributed by atoms with Crippen molar-refractivity contribution in [2.75, 3.05) is 0 Å². The summed E-state index contributed by atoms with van der Waals surface area (Å²) in [6, 6.07) is 12.3.